The number of aromatic amines is 1. The number of H-pyrrole nitrogens is 1. The van der Waals surface area contributed by atoms with E-state index >= 15 is 0 Å². The Morgan fingerprint density at radius 1 is 1.45 bits per heavy atom. The second-order valence-corrected chi connectivity index (χ2v) is 2.40. The van der Waals surface area contributed by atoms with Crippen LogP contribution in [0.15, 0.2) is 12.5 Å². The summed E-state index contributed by atoms with van der Waals surface area (Å²) in [6, 6.07) is 0. The first-order chi connectivity index (χ1) is 5.40. The van der Waals surface area contributed by atoms with Crippen molar-refractivity contribution in [2.24, 2.45) is 0 Å². The van der Waals surface area contributed by atoms with Gasteiger partial charge in [-0.2, -0.15) is 12.6 Å². The molecule has 0 amide bonds. The number of imidazole rings is 1. The van der Waals surface area contributed by atoms with E-state index in [2.05, 4.69) is 32.6 Å². The zero-order chi connectivity index (χ0) is 7.68. The number of hydrogen-bond acceptors (Lipinski definition) is 4. The summed E-state index contributed by atoms with van der Waals surface area (Å²) >= 11 is 4.05. The topological polar surface area (TPSA) is 54.5 Å². The largest absolute Gasteiger partial charge is 0.342 e. The molecule has 0 saturated carbocycles. The van der Waals surface area contributed by atoms with Crippen molar-refractivity contribution >= 4 is 23.8 Å². The summed E-state index contributed by atoms with van der Waals surface area (Å²) in [6.07, 6.45) is 3.31. The lowest BCUT2D eigenvalue weighted by Crippen LogP contribution is -1.90. The molecular formula is C6H6N4S. The van der Waals surface area contributed by atoms with Gasteiger partial charge in [-0.25, -0.2) is 15.0 Å². The molecule has 2 heterocycles. The molecule has 0 saturated heterocycles. The van der Waals surface area contributed by atoms with Gasteiger partial charge in [0.25, 0.3) is 0 Å². The number of hydrogen-bond donors (Lipinski definition) is 2. The third-order valence-electron chi connectivity index (χ3n) is 1.37. The van der Waals surface area contributed by atoms with Crippen LogP contribution in [-0.4, -0.2) is 19.9 Å². The van der Waals surface area contributed by atoms with Gasteiger partial charge in [0.2, 0.25) is 0 Å². The van der Waals surface area contributed by atoms with Crippen molar-refractivity contribution in [1.82, 2.24) is 19.9 Å². The summed E-state index contributed by atoms with van der Waals surface area (Å²) < 4.78 is 0. The van der Waals surface area contributed by atoms with Crippen molar-refractivity contribution in [3.05, 3.63) is 18.3 Å². The van der Waals surface area contributed by atoms with Crippen molar-refractivity contribution in [2.75, 3.05) is 0 Å². The maximum Gasteiger partial charge on any atom is 0.180 e. The minimum atomic E-state index is 0.544. The summed E-state index contributed by atoms with van der Waals surface area (Å²) in [5.74, 6) is 1.25. The molecule has 56 valence electrons. The molecule has 0 unspecified atom stereocenters. The van der Waals surface area contributed by atoms with Gasteiger partial charge >= 0.3 is 0 Å². The molecule has 0 bridgehead atoms. The van der Waals surface area contributed by atoms with Gasteiger partial charge in [-0.05, 0) is 0 Å². The first-order valence-corrected chi connectivity index (χ1v) is 3.79. The van der Waals surface area contributed by atoms with Crippen LogP contribution >= 0.6 is 12.6 Å². The van der Waals surface area contributed by atoms with E-state index in [1.807, 2.05) is 0 Å². The molecule has 2 aromatic rings. The highest BCUT2D eigenvalue weighted by Gasteiger charge is 1.98. The number of thiol groups is 1. The molecule has 0 atom stereocenters. The standard InChI is InChI=1S/C6H6N4S/c11-2-5-7-1-4-6(10-5)9-3-8-4/h1,3,11H,2H2,(H,7,8,9,10). The van der Waals surface area contributed by atoms with Crippen LogP contribution in [0.3, 0.4) is 0 Å². The molecule has 0 aliphatic heterocycles. The monoisotopic (exact) mass is 166 g/mol. The minimum Gasteiger partial charge on any atom is -0.342 e. The Morgan fingerprint density at radius 2 is 2.36 bits per heavy atom. The van der Waals surface area contributed by atoms with Gasteiger partial charge in [-0.15, -0.1) is 0 Å². The fourth-order valence-electron chi connectivity index (χ4n) is 0.848. The zero-order valence-electron chi connectivity index (χ0n) is 5.65. The molecular weight excluding hydrogens is 160 g/mol. The summed E-state index contributed by atoms with van der Waals surface area (Å²) in [5, 5.41) is 0. The predicted octanol–water partition coefficient (Wildman–Crippen LogP) is 0.783. The van der Waals surface area contributed by atoms with Crippen molar-refractivity contribution in [3.63, 3.8) is 0 Å². The van der Waals surface area contributed by atoms with Crippen LogP contribution in [0.1, 0.15) is 5.82 Å². The van der Waals surface area contributed by atoms with Gasteiger partial charge < -0.3 is 4.98 Å². The molecule has 5 heteroatoms. The Bertz CT molecular complexity index is 369. The summed E-state index contributed by atoms with van der Waals surface area (Å²) in [7, 11) is 0. The molecule has 0 radical (unpaired) electrons. The fourth-order valence-corrected chi connectivity index (χ4v) is 1.000. The lowest BCUT2D eigenvalue weighted by Gasteiger charge is -1.91. The van der Waals surface area contributed by atoms with Crippen LogP contribution in [0.5, 0.6) is 0 Å². The molecule has 1 N–H and O–H groups in total. The number of aromatic nitrogens is 4. The van der Waals surface area contributed by atoms with Gasteiger partial charge in [0.05, 0.1) is 18.3 Å². The van der Waals surface area contributed by atoms with E-state index < -0.39 is 0 Å². The van der Waals surface area contributed by atoms with Gasteiger partial charge in [-0.3, -0.25) is 0 Å². The van der Waals surface area contributed by atoms with Crippen LogP contribution < -0.4 is 0 Å². The lowest BCUT2D eigenvalue weighted by molar-refractivity contribution is 1.06. The second-order valence-electron chi connectivity index (χ2n) is 2.08. The van der Waals surface area contributed by atoms with Crippen LogP contribution in [0, 0.1) is 0 Å². The first-order valence-electron chi connectivity index (χ1n) is 3.16. The van der Waals surface area contributed by atoms with Crippen LogP contribution in [-0.2, 0) is 5.75 Å². The Balaban J connectivity index is 2.67. The summed E-state index contributed by atoms with van der Waals surface area (Å²) in [6.45, 7) is 0. The predicted molar refractivity (Wildman–Crippen MR) is 44.4 cm³/mol. The third kappa shape index (κ3) is 1.07. The van der Waals surface area contributed by atoms with Crippen molar-refractivity contribution in [3.8, 4) is 0 Å². The first kappa shape index (κ1) is 6.60. The molecule has 0 aromatic carbocycles. The Kier molecular flexibility index (Phi) is 1.50. The maximum atomic E-state index is 4.12. The molecule has 4 nitrogen and oxygen atoms in total. The molecule has 0 fully saturated rings. The average Bonchev–Trinajstić information content (AvgIpc) is 2.50. The fraction of sp³-hybridized carbons (Fsp3) is 0.167. The quantitative estimate of drug-likeness (QED) is 0.615. The molecule has 11 heavy (non-hydrogen) atoms. The van der Waals surface area contributed by atoms with E-state index in [1.165, 1.54) is 0 Å². The van der Waals surface area contributed by atoms with Crippen LogP contribution in [0.25, 0.3) is 11.2 Å². The highest BCUT2D eigenvalue weighted by Crippen LogP contribution is 2.04. The SMILES string of the molecule is SCc1ncc2[nH]cnc2n1. The maximum absolute atomic E-state index is 4.12. The third-order valence-corrected chi connectivity index (χ3v) is 1.65. The van der Waals surface area contributed by atoms with Crippen molar-refractivity contribution in [1.29, 1.82) is 0 Å². The van der Waals surface area contributed by atoms with Gasteiger partial charge in [0, 0.05) is 0 Å². The smallest absolute Gasteiger partial charge is 0.180 e. The van der Waals surface area contributed by atoms with E-state index in [-0.39, 0.29) is 0 Å². The second kappa shape index (κ2) is 2.50. The number of fused-ring (bicyclic) bond motifs is 1. The van der Waals surface area contributed by atoms with E-state index in [9.17, 15) is 0 Å². The minimum absolute atomic E-state index is 0.544. The molecule has 0 spiro atoms. The van der Waals surface area contributed by atoms with Gasteiger partial charge in [0.15, 0.2) is 5.65 Å². The number of rotatable bonds is 1. The summed E-state index contributed by atoms with van der Waals surface area (Å²) in [5.41, 5.74) is 1.56. The molecule has 0 aliphatic rings. The lowest BCUT2D eigenvalue weighted by atomic mass is 10.5. The molecule has 2 rings (SSSR count). The normalized spacial score (nSPS) is 10.6. The van der Waals surface area contributed by atoms with Crippen LogP contribution in [0.4, 0.5) is 0 Å². The van der Waals surface area contributed by atoms with E-state index in [1.54, 1.807) is 12.5 Å². The van der Waals surface area contributed by atoms with E-state index in [0.717, 1.165) is 5.52 Å². The Hall–Kier alpha value is -1.10. The average molecular weight is 166 g/mol. The molecule has 0 aliphatic carbocycles. The molecule has 2 aromatic heterocycles. The van der Waals surface area contributed by atoms with E-state index in [4.69, 9.17) is 0 Å². The van der Waals surface area contributed by atoms with Crippen molar-refractivity contribution < 1.29 is 0 Å². The van der Waals surface area contributed by atoms with E-state index in [0.29, 0.717) is 17.2 Å². The highest BCUT2D eigenvalue weighted by molar-refractivity contribution is 7.79. The number of nitrogens with one attached hydrogen (secondary N) is 1. The Morgan fingerprint density at radius 3 is 3.18 bits per heavy atom. The zero-order valence-corrected chi connectivity index (χ0v) is 6.55. The van der Waals surface area contributed by atoms with Crippen LogP contribution in [0.2, 0.25) is 0 Å². The van der Waals surface area contributed by atoms with Gasteiger partial charge in [-0.1, -0.05) is 0 Å². The van der Waals surface area contributed by atoms with Crippen molar-refractivity contribution in [2.45, 2.75) is 5.75 Å². The highest BCUT2D eigenvalue weighted by atomic mass is 32.1. The summed E-state index contributed by atoms with van der Waals surface area (Å²) in [4.78, 5) is 15.1. The Labute approximate surface area is 68.5 Å². The van der Waals surface area contributed by atoms with Gasteiger partial charge in [0.1, 0.15) is 11.3 Å². The number of nitrogens with zero attached hydrogens (tertiary/aromatic N) is 3.